The summed E-state index contributed by atoms with van der Waals surface area (Å²) in [5, 5.41) is 4.50. The summed E-state index contributed by atoms with van der Waals surface area (Å²) in [7, 11) is 0. The molecule has 17 heavy (non-hydrogen) atoms. The zero-order valence-corrected chi connectivity index (χ0v) is 11.6. The van der Waals surface area contributed by atoms with Crippen LogP contribution in [0.2, 0.25) is 0 Å². The molecule has 1 aliphatic carbocycles. The van der Waals surface area contributed by atoms with Gasteiger partial charge in [-0.25, -0.2) is 9.50 Å². The smallest absolute Gasteiger partial charge is 0.157 e. The first-order chi connectivity index (χ1) is 8.26. The van der Waals surface area contributed by atoms with Crippen molar-refractivity contribution in [3.63, 3.8) is 0 Å². The van der Waals surface area contributed by atoms with Gasteiger partial charge in [0.2, 0.25) is 0 Å². The summed E-state index contributed by atoms with van der Waals surface area (Å²) in [5.74, 6) is 1.85. The third-order valence-corrected chi connectivity index (χ3v) is 3.76. The minimum absolute atomic E-state index is 0.905. The molecule has 1 aliphatic rings. The molecule has 0 bridgehead atoms. The normalized spacial score (nSPS) is 15.6. The number of hydrogen-bond donors (Lipinski definition) is 0. The van der Waals surface area contributed by atoms with Gasteiger partial charge in [-0.3, -0.25) is 0 Å². The zero-order chi connectivity index (χ0) is 11.8. The van der Waals surface area contributed by atoms with E-state index in [2.05, 4.69) is 45.1 Å². The first-order valence-corrected chi connectivity index (χ1v) is 7.09. The number of hydrogen-bond acceptors (Lipinski definition) is 2. The van der Waals surface area contributed by atoms with Crippen LogP contribution < -0.4 is 0 Å². The Hall–Kier alpha value is -0.900. The molecule has 0 aliphatic heterocycles. The molecule has 2 heterocycles. The van der Waals surface area contributed by atoms with Crippen molar-refractivity contribution in [3.05, 3.63) is 28.1 Å². The van der Waals surface area contributed by atoms with Gasteiger partial charge in [0.05, 0.1) is 0 Å². The van der Waals surface area contributed by atoms with Crippen molar-refractivity contribution in [2.24, 2.45) is 5.92 Å². The number of nitrogens with zero attached hydrogens (tertiary/aromatic N) is 3. The number of halogens is 1. The average Bonchev–Trinajstić information content (AvgIpc) is 2.98. The van der Waals surface area contributed by atoms with Crippen LogP contribution in [0.3, 0.4) is 0 Å². The Kier molecular flexibility index (Phi) is 2.90. The zero-order valence-electron chi connectivity index (χ0n) is 9.99. The van der Waals surface area contributed by atoms with Crippen LogP contribution in [0.25, 0.3) is 5.65 Å². The van der Waals surface area contributed by atoms with Crippen molar-refractivity contribution in [2.75, 3.05) is 0 Å². The van der Waals surface area contributed by atoms with E-state index in [0.29, 0.717) is 0 Å². The molecular formula is C13H16BrN3. The molecule has 3 nitrogen and oxygen atoms in total. The molecule has 0 atom stereocenters. The van der Waals surface area contributed by atoms with E-state index in [0.717, 1.165) is 34.8 Å². The maximum absolute atomic E-state index is 4.57. The van der Waals surface area contributed by atoms with Crippen molar-refractivity contribution in [1.82, 2.24) is 14.6 Å². The molecule has 0 unspecified atom stereocenters. The van der Waals surface area contributed by atoms with Crippen LogP contribution in [-0.4, -0.2) is 14.6 Å². The van der Waals surface area contributed by atoms with Gasteiger partial charge in [0.1, 0.15) is 4.60 Å². The Morgan fingerprint density at radius 3 is 2.94 bits per heavy atom. The first kappa shape index (κ1) is 11.2. The monoisotopic (exact) mass is 293 g/mol. The van der Waals surface area contributed by atoms with Crippen molar-refractivity contribution >= 4 is 21.6 Å². The number of rotatable bonds is 4. The quantitative estimate of drug-likeness (QED) is 0.809. The highest BCUT2D eigenvalue weighted by Gasteiger charge is 2.22. The minimum Gasteiger partial charge on any atom is -0.212 e. The highest BCUT2D eigenvalue weighted by atomic mass is 79.9. The predicted molar refractivity (Wildman–Crippen MR) is 71.1 cm³/mol. The second kappa shape index (κ2) is 4.41. The molecule has 0 amide bonds. The van der Waals surface area contributed by atoms with Gasteiger partial charge in [-0.15, -0.1) is 0 Å². The van der Waals surface area contributed by atoms with E-state index in [9.17, 15) is 0 Å². The second-order valence-corrected chi connectivity index (χ2v) is 5.69. The maximum Gasteiger partial charge on any atom is 0.157 e. The summed E-state index contributed by atoms with van der Waals surface area (Å²) in [5.41, 5.74) is 2.35. The van der Waals surface area contributed by atoms with Gasteiger partial charge >= 0.3 is 0 Å². The molecule has 0 saturated heterocycles. The molecular weight excluding hydrogens is 278 g/mol. The van der Waals surface area contributed by atoms with Crippen molar-refractivity contribution in [1.29, 1.82) is 0 Å². The van der Waals surface area contributed by atoms with Gasteiger partial charge in [0, 0.05) is 6.42 Å². The number of pyridine rings is 1. The molecule has 4 heteroatoms. The molecule has 2 aromatic rings. The van der Waals surface area contributed by atoms with Crippen LogP contribution in [0.1, 0.15) is 37.6 Å². The van der Waals surface area contributed by atoms with Gasteiger partial charge < -0.3 is 0 Å². The molecule has 1 fully saturated rings. The molecule has 0 radical (unpaired) electrons. The van der Waals surface area contributed by atoms with Gasteiger partial charge in [-0.05, 0) is 65.2 Å². The van der Waals surface area contributed by atoms with Crippen LogP contribution in [0, 0.1) is 5.92 Å². The Balaban J connectivity index is 1.98. The van der Waals surface area contributed by atoms with Crippen molar-refractivity contribution < 1.29 is 0 Å². The molecule has 0 aromatic carbocycles. The van der Waals surface area contributed by atoms with E-state index < -0.39 is 0 Å². The van der Waals surface area contributed by atoms with Crippen molar-refractivity contribution in [3.8, 4) is 0 Å². The van der Waals surface area contributed by atoms with Crippen molar-refractivity contribution in [2.45, 2.75) is 39.0 Å². The lowest BCUT2D eigenvalue weighted by Gasteiger charge is -2.02. The number of aryl methyl sites for hydroxylation is 1. The van der Waals surface area contributed by atoms with E-state index in [1.54, 1.807) is 0 Å². The number of aromatic nitrogens is 3. The Bertz CT molecular complexity index is 543. The van der Waals surface area contributed by atoms with Gasteiger partial charge in [0.15, 0.2) is 11.5 Å². The topological polar surface area (TPSA) is 30.2 Å². The van der Waals surface area contributed by atoms with Gasteiger partial charge in [0.25, 0.3) is 0 Å². The lowest BCUT2D eigenvalue weighted by Crippen LogP contribution is -1.95. The van der Waals surface area contributed by atoms with E-state index in [1.807, 2.05) is 4.52 Å². The summed E-state index contributed by atoms with van der Waals surface area (Å²) in [4.78, 5) is 4.57. The van der Waals surface area contributed by atoms with Crippen LogP contribution in [-0.2, 0) is 12.8 Å². The van der Waals surface area contributed by atoms with Gasteiger partial charge in [-0.2, -0.15) is 5.10 Å². The molecule has 3 rings (SSSR count). The fraction of sp³-hybridized carbons (Fsp3) is 0.538. The van der Waals surface area contributed by atoms with Crippen LogP contribution in [0.4, 0.5) is 0 Å². The fourth-order valence-corrected chi connectivity index (χ4v) is 2.70. The summed E-state index contributed by atoms with van der Waals surface area (Å²) >= 11 is 3.58. The predicted octanol–water partition coefficient (Wildman–Crippen LogP) is 3.40. The summed E-state index contributed by atoms with van der Waals surface area (Å²) < 4.78 is 2.90. The van der Waals surface area contributed by atoms with E-state index in [-0.39, 0.29) is 0 Å². The Morgan fingerprint density at radius 2 is 2.24 bits per heavy atom. The fourth-order valence-electron chi connectivity index (χ4n) is 2.14. The highest BCUT2D eigenvalue weighted by molar-refractivity contribution is 9.10. The van der Waals surface area contributed by atoms with Crippen LogP contribution >= 0.6 is 15.9 Å². The highest BCUT2D eigenvalue weighted by Crippen LogP contribution is 2.33. The van der Waals surface area contributed by atoms with E-state index in [4.69, 9.17) is 0 Å². The van der Waals surface area contributed by atoms with E-state index >= 15 is 0 Å². The lowest BCUT2D eigenvalue weighted by molar-refractivity contribution is 0.804. The summed E-state index contributed by atoms with van der Waals surface area (Å²) in [6.45, 7) is 2.15. The van der Waals surface area contributed by atoms with E-state index in [1.165, 1.54) is 24.8 Å². The molecule has 1 saturated carbocycles. The van der Waals surface area contributed by atoms with Crippen LogP contribution in [0.15, 0.2) is 16.7 Å². The SMILES string of the molecule is CCCc1nc2cc(CC3CC3)cc(Br)n2n1. The van der Waals surface area contributed by atoms with Crippen LogP contribution in [0.5, 0.6) is 0 Å². The standard InChI is InChI=1S/C13H16BrN3/c1-2-3-12-15-13-8-10(6-9-4-5-9)7-11(14)17(13)16-12/h7-9H,2-6H2,1H3. The maximum atomic E-state index is 4.57. The molecule has 2 aromatic heterocycles. The summed E-state index contributed by atoms with van der Waals surface area (Å²) in [6, 6.07) is 4.35. The second-order valence-electron chi connectivity index (χ2n) is 4.88. The molecule has 0 spiro atoms. The molecule has 90 valence electrons. The lowest BCUT2D eigenvalue weighted by atomic mass is 10.1. The molecule has 0 N–H and O–H groups in total. The largest absolute Gasteiger partial charge is 0.212 e. The van der Waals surface area contributed by atoms with Gasteiger partial charge in [-0.1, -0.05) is 6.92 Å². The third kappa shape index (κ3) is 2.37. The summed E-state index contributed by atoms with van der Waals surface area (Å²) in [6.07, 6.45) is 5.99. The number of fused-ring (bicyclic) bond motifs is 1. The third-order valence-electron chi connectivity index (χ3n) is 3.19. The average molecular weight is 294 g/mol. The minimum atomic E-state index is 0.905. The first-order valence-electron chi connectivity index (χ1n) is 6.30. The Labute approximate surface area is 109 Å². The Morgan fingerprint density at radius 1 is 1.41 bits per heavy atom.